The number of carbonyl (C=O) groups excluding carboxylic acids is 1. The van der Waals surface area contributed by atoms with Crippen molar-refractivity contribution in [3.05, 3.63) is 126 Å². The van der Waals surface area contributed by atoms with Gasteiger partial charge in [-0.05, 0) is 42.5 Å². The first-order valence-corrected chi connectivity index (χ1v) is 9.72. The normalized spacial score (nSPS) is 14.5. The fourth-order valence-corrected chi connectivity index (χ4v) is 2.71. The molecule has 0 aliphatic carbocycles. The molecule has 1 aromatic carbocycles. The highest BCUT2D eigenvalue weighted by atomic mass is 16.1. The monoisotopic (exact) mass is 406 g/mol. The lowest BCUT2D eigenvalue weighted by atomic mass is 10.1. The summed E-state index contributed by atoms with van der Waals surface area (Å²) >= 11 is 0. The summed E-state index contributed by atoms with van der Waals surface area (Å²) in [5, 5.41) is 8.79. The topological polar surface area (TPSA) is 80.7 Å². The van der Waals surface area contributed by atoms with Gasteiger partial charge in [-0.15, -0.1) is 0 Å². The highest BCUT2D eigenvalue weighted by Gasteiger charge is 2.02. The van der Waals surface area contributed by atoms with Gasteiger partial charge in [-0.25, -0.2) is 4.98 Å². The first-order valence-electron chi connectivity index (χ1n) is 9.72. The Morgan fingerprint density at radius 2 is 1.42 bits per heavy atom. The van der Waals surface area contributed by atoms with Crippen molar-refractivity contribution in [2.24, 2.45) is 16.0 Å². The van der Waals surface area contributed by atoms with Gasteiger partial charge < -0.3 is 5.73 Å². The van der Waals surface area contributed by atoms with Crippen LogP contribution in [0.15, 0.2) is 125 Å². The molecule has 0 bridgehead atoms. The quantitative estimate of drug-likeness (QED) is 0.646. The summed E-state index contributed by atoms with van der Waals surface area (Å²) in [4.78, 5) is 16.4. The Balaban J connectivity index is 2.00. The Kier molecular flexibility index (Phi) is 7.97. The average molecular weight is 406 g/mol. The predicted octanol–water partition coefficient (Wildman–Crippen LogP) is 5.83. The standard InChI is InChI=1S/C26H22N4O/c27-26(31)21-12-6-8-16-24-22(20-23-14-7-9-17-25(23)30-24)13-5-3-1-2-4-10-18-28-29-19-11-15-21/h1-20H,(H2,27,31). The third kappa shape index (κ3) is 6.87. The third-order valence-electron chi connectivity index (χ3n) is 4.19. The number of hydrogen-bond acceptors (Lipinski definition) is 4. The van der Waals surface area contributed by atoms with Gasteiger partial charge in [0.15, 0.2) is 0 Å². The molecule has 5 heteroatoms. The van der Waals surface area contributed by atoms with Gasteiger partial charge in [-0.2, -0.15) is 10.2 Å². The zero-order valence-electron chi connectivity index (χ0n) is 16.9. The smallest absolute Gasteiger partial charge is 0.248 e. The van der Waals surface area contributed by atoms with E-state index in [4.69, 9.17) is 10.7 Å². The van der Waals surface area contributed by atoms with Crippen LogP contribution in [0.2, 0.25) is 0 Å². The third-order valence-corrected chi connectivity index (χ3v) is 4.19. The molecule has 1 amide bonds. The van der Waals surface area contributed by atoms with Gasteiger partial charge in [0.05, 0.1) is 11.2 Å². The second kappa shape index (κ2) is 11.6. The molecule has 5 nitrogen and oxygen atoms in total. The molecule has 152 valence electrons. The molecule has 1 aromatic heterocycles. The molecule has 3 rings (SSSR count). The van der Waals surface area contributed by atoms with Crippen molar-refractivity contribution in [1.29, 1.82) is 0 Å². The number of aromatic nitrogens is 1. The van der Waals surface area contributed by atoms with Crippen molar-refractivity contribution in [3.63, 3.8) is 0 Å². The van der Waals surface area contributed by atoms with Crippen LogP contribution in [0.1, 0.15) is 11.3 Å². The number of nitrogens with zero attached hydrogens (tertiary/aromatic N) is 3. The van der Waals surface area contributed by atoms with Crippen molar-refractivity contribution in [2.75, 3.05) is 0 Å². The summed E-state index contributed by atoms with van der Waals surface area (Å²) in [5.41, 5.74) is 8.52. The van der Waals surface area contributed by atoms with E-state index in [1.165, 1.54) is 6.20 Å². The highest BCUT2D eigenvalue weighted by Crippen LogP contribution is 2.19. The second-order valence-electron chi connectivity index (χ2n) is 6.40. The van der Waals surface area contributed by atoms with Crippen LogP contribution < -0.4 is 5.73 Å². The molecule has 1 aliphatic heterocycles. The van der Waals surface area contributed by atoms with Crippen LogP contribution in [0, 0.1) is 0 Å². The molecule has 31 heavy (non-hydrogen) atoms. The molecule has 0 spiro atoms. The van der Waals surface area contributed by atoms with E-state index in [9.17, 15) is 4.79 Å². The molecule has 2 heterocycles. The van der Waals surface area contributed by atoms with Crippen molar-refractivity contribution in [1.82, 2.24) is 4.98 Å². The number of primary amides is 1. The van der Waals surface area contributed by atoms with Crippen molar-refractivity contribution < 1.29 is 4.79 Å². The zero-order chi connectivity index (χ0) is 21.7. The van der Waals surface area contributed by atoms with E-state index in [1.807, 2.05) is 72.9 Å². The Morgan fingerprint density at radius 1 is 0.742 bits per heavy atom. The lowest BCUT2D eigenvalue weighted by Crippen LogP contribution is -2.12. The molecule has 1 aliphatic rings. The number of carbonyl (C=O) groups is 1. The molecule has 0 atom stereocenters. The lowest BCUT2D eigenvalue weighted by Gasteiger charge is -2.04. The Morgan fingerprint density at radius 3 is 2.26 bits per heavy atom. The molecule has 0 unspecified atom stereocenters. The predicted molar refractivity (Wildman–Crippen MR) is 128 cm³/mol. The number of benzene rings is 1. The minimum absolute atomic E-state index is 0.348. The van der Waals surface area contributed by atoms with Crippen LogP contribution in [0.5, 0.6) is 0 Å². The van der Waals surface area contributed by atoms with Crippen LogP contribution in [0.3, 0.4) is 0 Å². The van der Waals surface area contributed by atoms with Crippen LogP contribution in [-0.4, -0.2) is 10.9 Å². The van der Waals surface area contributed by atoms with Gasteiger partial charge in [0.25, 0.3) is 0 Å². The summed E-state index contributed by atoms with van der Waals surface area (Å²) < 4.78 is 0. The van der Waals surface area contributed by atoms with Crippen molar-refractivity contribution in [2.45, 2.75) is 0 Å². The van der Waals surface area contributed by atoms with E-state index in [0.29, 0.717) is 5.57 Å². The van der Waals surface area contributed by atoms with E-state index in [-0.39, 0.29) is 0 Å². The largest absolute Gasteiger partial charge is 0.366 e. The van der Waals surface area contributed by atoms with Gasteiger partial charge in [-0.3, -0.25) is 4.79 Å². The molecule has 2 N–H and O–H groups in total. The average Bonchev–Trinajstić information content (AvgIpc) is 2.77. The minimum atomic E-state index is -0.530. The first-order chi connectivity index (χ1) is 15.2. The maximum Gasteiger partial charge on any atom is 0.248 e. The SMILES string of the molecule is NC(=O)C1=CC=CN=NC=CC=CC=CC=Cc2cc3ccccc3nc2C=CC=C1. The van der Waals surface area contributed by atoms with Gasteiger partial charge in [-0.1, -0.05) is 66.8 Å². The minimum Gasteiger partial charge on any atom is -0.366 e. The van der Waals surface area contributed by atoms with E-state index >= 15 is 0 Å². The molecular formula is C26H22N4O. The molecule has 2 aromatic rings. The number of azo groups is 1. The summed E-state index contributed by atoms with van der Waals surface area (Å²) in [5.74, 6) is -0.530. The van der Waals surface area contributed by atoms with E-state index in [2.05, 4.69) is 16.3 Å². The Hall–Kier alpha value is -4.38. The fourth-order valence-electron chi connectivity index (χ4n) is 2.71. The van der Waals surface area contributed by atoms with Gasteiger partial charge in [0.2, 0.25) is 5.91 Å². The molecule has 0 radical (unpaired) electrons. The van der Waals surface area contributed by atoms with E-state index in [1.54, 1.807) is 36.6 Å². The van der Waals surface area contributed by atoms with Crippen LogP contribution in [-0.2, 0) is 4.79 Å². The second-order valence-corrected chi connectivity index (χ2v) is 6.40. The van der Waals surface area contributed by atoms with Gasteiger partial charge in [0.1, 0.15) is 0 Å². The maximum atomic E-state index is 11.6. The number of fused-ring (bicyclic) bond motifs is 2. The summed E-state index contributed by atoms with van der Waals surface area (Å²) in [6, 6.07) is 10.1. The van der Waals surface area contributed by atoms with Crippen LogP contribution in [0.4, 0.5) is 0 Å². The van der Waals surface area contributed by atoms with Crippen molar-refractivity contribution >= 4 is 29.0 Å². The molecular weight excluding hydrogens is 384 g/mol. The first kappa shape index (κ1) is 21.3. The van der Waals surface area contributed by atoms with E-state index in [0.717, 1.165) is 22.2 Å². The summed E-state index contributed by atoms with van der Waals surface area (Å²) in [6.45, 7) is 0. The number of para-hydroxylation sites is 1. The van der Waals surface area contributed by atoms with Crippen LogP contribution >= 0.6 is 0 Å². The molecule has 0 saturated carbocycles. The number of pyridine rings is 1. The maximum absolute atomic E-state index is 11.6. The Labute approximate surface area is 181 Å². The highest BCUT2D eigenvalue weighted by molar-refractivity contribution is 5.95. The lowest BCUT2D eigenvalue weighted by molar-refractivity contribution is -0.114. The number of hydrogen-bond donors (Lipinski definition) is 1. The Bertz CT molecular complexity index is 1210. The molecule has 0 saturated heterocycles. The number of nitrogens with two attached hydrogens (primary N) is 1. The van der Waals surface area contributed by atoms with Gasteiger partial charge >= 0.3 is 0 Å². The van der Waals surface area contributed by atoms with Crippen molar-refractivity contribution in [3.8, 4) is 0 Å². The summed E-state index contributed by atoms with van der Waals surface area (Å²) in [6.07, 6.45) is 26.7. The molecule has 0 fully saturated rings. The van der Waals surface area contributed by atoms with Crippen LogP contribution in [0.25, 0.3) is 23.1 Å². The number of allylic oxidation sites excluding steroid dienone is 10. The zero-order valence-corrected chi connectivity index (χ0v) is 16.9. The summed E-state index contributed by atoms with van der Waals surface area (Å²) in [7, 11) is 0. The van der Waals surface area contributed by atoms with Gasteiger partial charge in [0, 0.05) is 28.9 Å². The van der Waals surface area contributed by atoms with E-state index < -0.39 is 5.91 Å². The number of rotatable bonds is 1. The number of amides is 1. The fraction of sp³-hybridized carbons (Fsp3) is 0.